The van der Waals surface area contributed by atoms with Crippen LogP contribution in [0.5, 0.6) is 0 Å². The molecule has 4 fully saturated rings. The molecule has 2 aromatic rings. The molecule has 4 heterocycles. The van der Waals surface area contributed by atoms with Crippen LogP contribution in [0.3, 0.4) is 0 Å². The second kappa shape index (κ2) is 10.1. The molecule has 37 heavy (non-hydrogen) atoms. The summed E-state index contributed by atoms with van der Waals surface area (Å²) in [5.41, 5.74) is 2.64. The normalized spacial score (nSPS) is 28.6. The number of halogens is 1. The molecular formula is C30H37FN4O2. The molecule has 4 aliphatic heterocycles. The first kappa shape index (κ1) is 24.4. The van der Waals surface area contributed by atoms with Crippen LogP contribution in [0.25, 0.3) is 0 Å². The predicted octanol–water partition coefficient (Wildman–Crippen LogP) is 4.40. The summed E-state index contributed by atoms with van der Waals surface area (Å²) < 4.78 is 13.3. The Labute approximate surface area is 219 Å². The van der Waals surface area contributed by atoms with Crippen molar-refractivity contribution < 1.29 is 14.0 Å². The van der Waals surface area contributed by atoms with Gasteiger partial charge in [-0.15, -0.1) is 0 Å². The van der Waals surface area contributed by atoms with Crippen molar-refractivity contribution in [2.75, 3.05) is 49.1 Å². The van der Waals surface area contributed by atoms with Gasteiger partial charge < -0.3 is 14.7 Å². The molecular weight excluding hydrogens is 467 g/mol. The lowest BCUT2D eigenvalue weighted by Crippen LogP contribution is -2.54. The summed E-state index contributed by atoms with van der Waals surface area (Å²) in [5.74, 6) is -0.238. The zero-order valence-electron chi connectivity index (χ0n) is 21.7. The van der Waals surface area contributed by atoms with Crippen LogP contribution in [0.2, 0.25) is 0 Å². The molecule has 6 nitrogen and oxygen atoms in total. The number of hydrogen-bond donors (Lipinski definition) is 0. The van der Waals surface area contributed by atoms with Crippen molar-refractivity contribution in [1.82, 2.24) is 9.80 Å². The highest BCUT2D eigenvalue weighted by atomic mass is 19.1. The third kappa shape index (κ3) is 4.74. The first-order valence-electron chi connectivity index (χ1n) is 13.9. The van der Waals surface area contributed by atoms with Gasteiger partial charge in [0.2, 0.25) is 5.91 Å². The van der Waals surface area contributed by atoms with E-state index in [1.807, 2.05) is 4.90 Å². The summed E-state index contributed by atoms with van der Waals surface area (Å²) >= 11 is 0. The third-order valence-corrected chi connectivity index (χ3v) is 9.20. The molecule has 0 N–H and O–H groups in total. The molecule has 2 aromatic carbocycles. The van der Waals surface area contributed by atoms with Crippen LogP contribution in [0, 0.1) is 17.7 Å². The summed E-state index contributed by atoms with van der Waals surface area (Å²) in [6.45, 7) is 7.54. The van der Waals surface area contributed by atoms with Gasteiger partial charge in [0.05, 0.1) is 5.92 Å². The maximum absolute atomic E-state index is 13.6. The van der Waals surface area contributed by atoms with Crippen LogP contribution in [0.1, 0.15) is 49.4 Å². The molecule has 0 aliphatic carbocycles. The topological polar surface area (TPSA) is 47.1 Å². The van der Waals surface area contributed by atoms with Crippen LogP contribution < -0.4 is 9.80 Å². The fraction of sp³-hybridized carbons (Fsp3) is 0.533. The number of rotatable bonds is 4. The van der Waals surface area contributed by atoms with Crippen LogP contribution in [-0.2, 0) is 4.79 Å². The van der Waals surface area contributed by atoms with Gasteiger partial charge in [0.1, 0.15) is 5.82 Å². The molecule has 196 valence electrons. The monoisotopic (exact) mass is 504 g/mol. The van der Waals surface area contributed by atoms with Crippen molar-refractivity contribution in [1.29, 1.82) is 0 Å². The van der Waals surface area contributed by atoms with Crippen LogP contribution >= 0.6 is 0 Å². The van der Waals surface area contributed by atoms with E-state index in [0.717, 1.165) is 38.2 Å². The second-order valence-electron chi connectivity index (χ2n) is 11.3. The Hall–Kier alpha value is -2.93. The van der Waals surface area contributed by atoms with Crippen molar-refractivity contribution in [3.63, 3.8) is 0 Å². The van der Waals surface area contributed by atoms with E-state index in [1.54, 1.807) is 4.90 Å². The van der Waals surface area contributed by atoms with Gasteiger partial charge >= 0.3 is 0 Å². The van der Waals surface area contributed by atoms with Gasteiger partial charge in [-0.1, -0.05) is 0 Å². The minimum absolute atomic E-state index is 0.116. The van der Waals surface area contributed by atoms with Gasteiger partial charge in [0, 0.05) is 61.7 Å². The smallest absolute Gasteiger partial charge is 0.253 e. The fourth-order valence-corrected chi connectivity index (χ4v) is 7.04. The molecule has 2 unspecified atom stereocenters. The Bertz CT molecular complexity index is 1140. The maximum atomic E-state index is 13.6. The molecule has 4 atom stereocenters. The number of carbonyl (C=O) groups is 2. The molecule has 0 spiro atoms. The van der Waals surface area contributed by atoms with E-state index in [2.05, 4.69) is 41.0 Å². The van der Waals surface area contributed by atoms with E-state index in [1.165, 1.54) is 55.8 Å². The van der Waals surface area contributed by atoms with Crippen molar-refractivity contribution in [2.24, 2.45) is 11.8 Å². The average molecular weight is 505 g/mol. The summed E-state index contributed by atoms with van der Waals surface area (Å²) in [6.07, 6.45) is 5.64. The highest BCUT2D eigenvalue weighted by molar-refractivity contribution is 5.98. The molecule has 4 aliphatic rings. The van der Waals surface area contributed by atoms with Crippen molar-refractivity contribution in [3.8, 4) is 0 Å². The van der Waals surface area contributed by atoms with Crippen molar-refractivity contribution in [2.45, 2.75) is 51.1 Å². The lowest BCUT2D eigenvalue weighted by Gasteiger charge is -2.44. The van der Waals surface area contributed by atoms with Gasteiger partial charge in [-0.05, 0) is 100 Å². The number of likely N-dealkylation sites (tertiary alicyclic amines) is 2. The van der Waals surface area contributed by atoms with Gasteiger partial charge in [-0.25, -0.2) is 4.39 Å². The van der Waals surface area contributed by atoms with Crippen molar-refractivity contribution >= 4 is 23.2 Å². The standard InChI is InChI=1S/C30H37FN4O2/c1-21-3-2-15-34(21)27-14-17-32(19-27)25-8-10-26(11-9-25)35-18-13-22-12-16-33(20-28(22)30(35)37)29(36)23-4-6-24(31)7-5-23/h4-11,21-22,27-28H,2-3,12-20H2,1H3/t21-,22?,27-,28?/m0/s1. The molecule has 0 aromatic heterocycles. The van der Waals surface area contributed by atoms with E-state index in [9.17, 15) is 14.0 Å². The number of piperidine rings is 2. The number of nitrogens with zero attached hydrogens (tertiary/aromatic N) is 4. The van der Waals surface area contributed by atoms with E-state index >= 15 is 0 Å². The number of anilines is 2. The molecule has 6 rings (SSSR count). The number of amides is 2. The maximum Gasteiger partial charge on any atom is 0.253 e. The molecule has 0 radical (unpaired) electrons. The summed E-state index contributed by atoms with van der Waals surface area (Å²) in [4.78, 5) is 35.4. The Morgan fingerprint density at radius 2 is 1.57 bits per heavy atom. The number of benzene rings is 2. The van der Waals surface area contributed by atoms with E-state index in [-0.39, 0.29) is 23.5 Å². The predicted molar refractivity (Wildman–Crippen MR) is 143 cm³/mol. The Kier molecular flexibility index (Phi) is 6.65. The minimum Gasteiger partial charge on any atom is -0.370 e. The average Bonchev–Trinajstić information content (AvgIpc) is 3.58. The zero-order chi connectivity index (χ0) is 25.5. The molecule has 0 saturated carbocycles. The van der Waals surface area contributed by atoms with Crippen LogP contribution in [0.4, 0.5) is 15.8 Å². The van der Waals surface area contributed by atoms with Crippen LogP contribution in [-0.4, -0.2) is 73.0 Å². The van der Waals surface area contributed by atoms with E-state index < -0.39 is 0 Å². The van der Waals surface area contributed by atoms with Gasteiger partial charge in [-0.3, -0.25) is 14.5 Å². The van der Waals surface area contributed by atoms with Crippen LogP contribution in [0.15, 0.2) is 48.5 Å². The van der Waals surface area contributed by atoms with E-state index in [0.29, 0.717) is 36.7 Å². The molecule has 4 saturated heterocycles. The molecule has 2 amide bonds. The Morgan fingerprint density at radius 1 is 0.838 bits per heavy atom. The Morgan fingerprint density at radius 3 is 2.30 bits per heavy atom. The quantitative estimate of drug-likeness (QED) is 0.619. The highest BCUT2D eigenvalue weighted by Gasteiger charge is 2.42. The zero-order valence-corrected chi connectivity index (χ0v) is 21.7. The second-order valence-corrected chi connectivity index (χ2v) is 11.3. The van der Waals surface area contributed by atoms with Gasteiger partial charge in [0.25, 0.3) is 5.91 Å². The summed E-state index contributed by atoms with van der Waals surface area (Å²) in [6, 6.07) is 15.5. The van der Waals surface area contributed by atoms with Crippen molar-refractivity contribution in [3.05, 3.63) is 59.9 Å². The lowest BCUT2D eigenvalue weighted by atomic mass is 9.79. The van der Waals surface area contributed by atoms with Gasteiger partial charge in [-0.2, -0.15) is 0 Å². The number of hydrogen-bond acceptors (Lipinski definition) is 4. The highest BCUT2D eigenvalue weighted by Crippen LogP contribution is 2.36. The largest absolute Gasteiger partial charge is 0.370 e. The van der Waals surface area contributed by atoms with Gasteiger partial charge in [0.15, 0.2) is 0 Å². The fourth-order valence-electron chi connectivity index (χ4n) is 7.04. The summed E-state index contributed by atoms with van der Waals surface area (Å²) in [5, 5.41) is 0. The summed E-state index contributed by atoms with van der Waals surface area (Å²) in [7, 11) is 0. The van der Waals surface area contributed by atoms with E-state index in [4.69, 9.17) is 0 Å². The number of fused-ring (bicyclic) bond motifs is 1. The minimum atomic E-state index is -0.356. The first-order chi connectivity index (χ1) is 18.0. The Balaban J connectivity index is 1.10. The lowest BCUT2D eigenvalue weighted by molar-refractivity contribution is -0.127. The molecule has 0 bridgehead atoms. The number of carbonyl (C=O) groups excluding carboxylic acids is 2. The third-order valence-electron chi connectivity index (χ3n) is 9.20. The SMILES string of the molecule is C[C@H]1CCCN1[C@H]1CCN(c2ccc(N3CCC4CCN(C(=O)c5ccc(F)cc5)CC4C3=O)cc2)C1. The first-order valence-corrected chi connectivity index (χ1v) is 13.9. The molecule has 7 heteroatoms.